The first kappa shape index (κ1) is 11.4. The van der Waals surface area contributed by atoms with Gasteiger partial charge in [0.15, 0.2) is 5.82 Å². The lowest BCUT2D eigenvalue weighted by atomic mass is 10.1. The van der Waals surface area contributed by atoms with Crippen LogP contribution < -0.4 is 0 Å². The zero-order chi connectivity index (χ0) is 12.4. The number of nitro groups is 1. The first-order valence-electron chi connectivity index (χ1n) is 4.50. The minimum Gasteiger partial charge on any atom is -0.262 e. The number of rotatable bonds is 2. The average Bonchev–Trinajstić information content (AvgIpc) is 2.28. The van der Waals surface area contributed by atoms with Crippen molar-refractivity contribution in [3.05, 3.63) is 51.7 Å². The number of halogens is 2. The van der Waals surface area contributed by atoms with Crippen molar-refractivity contribution in [2.75, 3.05) is 0 Å². The molecule has 0 bridgehead atoms. The van der Waals surface area contributed by atoms with Crippen LogP contribution in [-0.2, 0) is 0 Å². The molecule has 2 aromatic heterocycles. The van der Waals surface area contributed by atoms with Gasteiger partial charge < -0.3 is 0 Å². The molecule has 0 amide bonds. The molecule has 17 heavy (non-hydrogen) atoms. The quantitative estimate of drug-likeness (QED) is 0.469. The Kier molecular flexibility index (Phi) is 2.97. The molecule has 2 rings (SSSR count). The molecule has 0 radical (unpaired) electrons. The van der Waals surface area contributed by atoms with Crippen molar-refractivity contribution < 1.29 is 9.31 Å². The summed E-state index contributed by atoms with van der Waals surface area (Å²) in [6, 6.07) is 3.63. The minimum atomic E-state index is -0.615. The lowest BCUT2D eigenvalue weighted by Crippen LogP contribution is -1.93. The van der Waals surface area contributed by atoms with Gasteiger partial charge in [0.1, 0.15) is 5.15 Å². The van der Waals surface area contributed by atoms with Crippen molar-refractivity contribution in [3.8, 4) is 11.3 Å². The van der Waals surface area contributed by atoms with Crippen molar-refractivity contribution in [2.45, 2.75) is 0 Å². The van der Waals surface area contributed by atoms with Gasteiger partial charge in [0, 0.05) is 17.8 Å². The number of nitrogens with zero attached hydrogens (tertiary/aromatic N) is 3. The normalized spacial score (nSPS) is 10.2. The Labute approximate surface area is 100 Å². The summed E-state index contributed by atoms with van der Waals surface area (Å²) in [7, 11) is 0. The lowest BCUT2D eigenvalue weighted by Gasteiger charge is -2.02. The fourth-order valence-electron chi connectivity index (χ4n) is 1.31. The Morgan fingerprint density at radius 3 is 2.82 bits per heavy atom. The standard InChI is InChI=1S/C10H5ClFN3O2/c11-10-4-6(15(16)17)3-9(14-10)7-1-2-13-5-8(7)12/h1-5H. The highest BCUT2D eigenvalue weighted by Crippen LogP contribution is 2.26. The molecule has 0 saturated heterocycles. The summed E-state index contributed by atoms with van der Waals surface area (Å²) >= 11 is 5.64. The second-order valence-corrected chi connectivity index (χ2v) is 3.53. The second kappa shape index (κ2) is 4.42. The predicted octanol–water partition coefficient (Wildman–Crippen LogP) is 2.84. The molecule has 0 aliphatic carbocycles. The van der Waals surface area contributed by atoms with E-state index in [0.717, 1.165) is 18.3 Å². The summed E-state index contributed by atoms with van der Waals surface area (Å²) in [4.78, 5) is 17.4. The second-order valence-electron chi connectivity index (χ2n) is 3.15. The molecular formula is C10H5ClFN3O2. The summed E-state index contributed by atoms with van der Waals surface area (Å²) in [6.07, 6.45) is 2.37. The molecule has 0 aliphatic heterocycles. The highest BCUT2D eigenvalue weighted by atomic mass is 35.5. The van der Waals surface area contributed by atoms with Crippen molar-refractivity contribution >= 4 is 17.3 Å². The largest absolute Gasteiger partial charge is 0.274 e. The van der Waals surface area contributed by atoms with Crippen LogP contribution in [0.15, 0.2) is 30.6 Å². The molecule has 0 saturated carbocycles. The molecule has 0 atom stereocenters. The van der Waals surface area contributed by atoms with Gasteiger partial charge in [-0.3, -0.25) is 15.1 Å². The molecule has 0 N–H and O–H groups in total. The van der Waals surface area contributed by atoms with Crippen LogP contribution in [0.4, 0.5) is 10.1 Å². The number of aromatic nitrogens is 2. The van der Waals surface area contributed by atoms with Gasteiger partial charge in [-0.25, -0.2) is 9.37 Å². The van der Waals surface area contributed by atoms with Crippen molar-refractivity contribution in [2.24, 2.45) is 0 Å². The van der Waals surface area contributed by atoms with Crippen LogP contribution >= 0.6 is 11.6 Å². The Morgan fingerprint density at radius 2 is 2.18 bits per heavy atom. The molecule has 0 fully saturated rings. The fourth-order valence-corrected chi connectivity index (χ4v) is 1.51. The summed E-state index contributed by atoms with van der Waals surface area (Å²) in [5.74, 6) is -0.614. The van der Waals surface area contributed by atoms with Gasteiger partial charge in [0.2, 0.25) is 0 Å². The fraction of sp³-hybridized carbons (Fsp3) is 0. The predicted molar refractivity (Wildman–Crippen MR) is 59.1 cm³/mol. The summed E-state index contributed by atoms with van der Waals surface area (Å²) < 4.78 is 13.4. The van der Waals surface area contributed by atoms with Gasteiger partial charge in [0.25, 0.3) is 5.69 Å². The smallest absolute Gasteiger partial charge is 0.262 e. The van der Waals surface area contributed by atoms with E-state index in [-0.39, 0.29) is 22.1 Å². The topological polar surface area (TPSA) is 68.9 Å². The zero-order valence-corrected chi connectivity index (χ0v) is 9.06. The molecule has 0 spiro atoms. The lowest BCUT2D eigenvalue weighted by molar-refractivity contribution is -0.384. The molecule has 2 aromatic rings. The van der Waals surface area contributed by atoms with E-state index < -0.39 is 10.7 Å². The SMILES string of the molecule is O=[N+]([O-])c1cc(Cl)nc(-c2ccncc2F)c1. The molecule has 0 aliphatic rings. The van der Waals surface area contributed by atoms with Gasteiger partial charge >= 0.3 is 0 Å². The molecule has 2 heterocycles. The molecule has 7 heteroatoms. The van der Waals surface area contributed by atoms with Gasteiger partial charge in [-0.15, -0.1) is 0 Å². The Balaban J connectivity index is 2.60. The Bertz CT molecular complexity index is 592. The van der Waals surface area contributed by atoms with Crippen LogP contribution in [0, 0.1) is 15.9 Å². The third-order valence-electron chi connectivity index (χ3n) is 2.04. The van der Waals surface area contributed by atoms with Crippen LogP contribution in [-0.4, -0.2) is 14.9 Å². The van der Waals surface area contributed by atoms with Gasteiger partial charge in [0.05, 0.1) is 22.9 Å². The van der Waals surface area contributed by atoms with E-state index in [1.54, 1.807) is 0 Å². The first-order valence-corrected chi connectivity index (χ1v) is 4.87. The van der Waals surface area contributed by atoms with Crippen molar-refractivity contribution in [1.29, 1.82) is 0 Å². The third kappa shape index (κ3) is 2.36. The maximum Gasteiger partial charge on any atom is 0.274 e. The van der Waals surface area contributed by atoms with Crippen molar-refractivity contribution in [1.82, 2.24) is 9.97 Å². The maximum atomic E-state index is 13.4. The van der Waals surface area contributed by atoms with E-state index in [2.05, 4.69) is 9.97 Å². The minimum absolute atomic E-state index is 0.0644. The molecule has 0 aromatic carbocycles. The first-order chi connectivity index (χ1) is 8.08. The van der Waals surface area contributed by atoms with Gasteiger partial charge in [-0.1, -0.05) is 11.6 Å². The number of pyridine rings is 2. The zero-order valence-electron chi connectivity index (χ0n) is 8.30. The van der Waals surface area contributed by atoms with Crippen LogP contribution in [0.2, 0.25) is 5.15 Å². The van der Waals surface area contributed by atoms with Crippen LogP contribution in [0.5, 0.6) is 0 Å². The van der Waals surface area contributed by atoms with Crippen LogP contribution in [0.25, 0.3) is 11.3 Å². The highest BCUT2D eigenvalue weighted by molar-refractivity contribution is 6.29. The van der Waals surface area contributed by atoms with E-state index in [4.69, 9.17) is 11.6 Å². The maximum absolute atomic E-state index is 13.4. The molecular weight excluding hydrogens is 249 g/mol. The van der Waals surface area contributed by atoms with E-state index in [1.165, 1.54) is 12.3 Å². The number of hydrogen-bond acceptors (Lipinski definition) is 4. The van der Waals surface area contributed by atoms with Crippen molar-refractivity contribution in [3.63, 3.8) is 0 Å². The Hall–Kier alpha value is -2.08. The molecule has 5 nitrogen and oxygen atoms in total. The summed E-state index contributed by atoms with van der Waals surface area (Å²) in [6.45, 7) is 0. The molecule has 86 valence electrons. The van der Waals surface area contributed by atoms with E-state index in [1.807, 2.05) is 0 Å². The summed E-state index contributed by atoms with van der Waals surface area (Å²) in [5, 5.41) is 10.6. The van der Waals surface area contributed by atoms with Crippen LogP contribution in [0.1, 0.15) is 0 Å². The molecule has 0 unspecified atom stereocenters. The number of hydrogen-bond donors (Lipinski definition) is 0. The third-order valence-corrected chi connectivity index (χ3v) is 2.23. The Morgan fingerprint density at radius 1 is 1.41 bits per heavy atom. The van der Waals surface area contributed by atoms with E-state index in [0.29, 0.717) is 0 Å². The van der Waals surface area contributed by atoms with Gasteiger partial charge in [-0.2, -0.15) is 0 Å². The van der Waals surface area contributed by atoms with Gasteiger partial charge in [-0.05, 0) is 6.07 Å². The monoisotopic (exact) mass is 253 g/mol. The highest BCUT2D eigenvalue weighted by Gasteiger charge is 2.13. The van der Waals surface area contributed by atoms with E-state index in [9.17, 15) is 14.5 Å². The summed E-state index contributed by atoms with van der Waals surface area (Å²) in [5.41, 5.74) is -0.0223. The average molecular weight is 254 g/mol. The van der Waals surface area contributed by atoms with E-state index >= 15 is 0 Å². The van der Waals surface area contributed by atoms with Crippen LogP contribution in [0.3, 0.4) is 0 Å².